The van der Waals surface area contributed by atoms with Gasteiger partial charge >= 0.3 is 0 Å². The first kappa shape index (κ1) is 14.4. The third-order valence-corrected chi connectivity index (χ3v) is 4.47. The maximum atomic E-state index is 5.82. The van der Waals surface area contributed by atoms with Crippen molar-refractivity contribution in [3.63, 3.8) is 0 Å². The average Bonchev–Trinajstić information content (AvgIpc) is 2.41. The lowest BCUT2D eigenvalue weighted by atomic mass is 9.87. The third-order valence-electron chi connectivity index (χ3n) is 4.47. The molecular formula is C17H28N2. The number of benzene rings is 1. The Morgan fingerprint density at radius 1 is 1.32 bits per heavy atom. The predicted molar refractivity (Wildman–Crippen MR) is 83.6 cm³/mol. The predicted octanol–water partition coefficient (Wildman–Crippen LogP) is 3.59. The van der Waals surface area contributed by atoms with Crippen LogP contribution in [0, 0.1) is 5.41 Å². The van der Waals surface area contributed by atoms with Crippen molar-refractivity contribution in [2.75, 3.05) is 18.0 Å². The number of nitrogens with zero attached hydrogens (tertiary/aromatic N) is 1. The maximum absolute atomic E-state index is 5.82. The van der Waals surface area contributed by atoms with Gasteiger partial charge < -0.3 is 10.6 Å². The van der Waals surface area contributed by atoms with Crippen molar-refractivity contribution in [1.82, 2.24) is 0 Å². The van der Waals surface area contributed by atoms with Crippen molar-refractivity contribution in [1.29, 1.82) is 0 Å². The molecule has 0 aliphatic carbocycles. The monoisotopic (exact) mass is 260 g/mol. The zero-order valence-corrected chi connectivity index (χ0v) is 12.7. The molecule has 0 radical (unpaired) electrons. The van der Waals surface area contributed by atoms with E-state index in [1.165, 1.54) is 36.9 Å². The Bertz CT molecular complexity index is 411. The quantitative estimate of drug-likeness (QED) is 0.876. The number of aryl methyl sites for hydroxylation is 1. The maximum Gasteiger partial charge on any atom is 0.0401 e. The van der Waals surface area contributed by atoms with Gasteiger partial charge in [-0.2, -0.15) is 0 Å². The zero-order chi connectivity index (χ0) is 13.9. The van der Waals surface area contributed by atoms with Gasteiger partial charge in [0.25, 0.3) is 0 Å². The Labute approximate surface area is 118 Å². The van der Waals surface area contributed by atoms with Crippen LogP contribution in [0.4, 0.5) is 5.69 Å². The van der Waals surface area contributed by atoms with Crippen LogP contribution in [0.1, 0.15) is 45.6 Å². The Balaban J connectivity index is 2.00. The van der Waals surface area contributed by atoms with Gasteiger partial charge in [-0.25, -0.2) is 0 Å². The van der Waals surface area contributed by atoms with Crippen molar-refractivity contribution in [2.24, 2.45) is 11.1 Å². The van der Waals surface area contributed by atoms with E-state index in [-0.39, 0.29) is 5.41 Å². The molecule has 1 heterocycles. The molecule has 2 nitrogen and oxygen atoms in total. The van der Waals surface area contributed by atoms with E-state index in [0.717, 1.165) is 13.1 Å². The number of nitrogens with two attached hydrogens (primary N) is 1. The first-order valence-electron chi connectivity index (χ1n) is 7.58. The molecule has 0 amide bonds. The normalized spacial score (nSPS) is 19.4. The second-order valence-corrected chi connectivity index (χ2v) is 6.68. The van der Waals surface area contributed by atoms with Gasteiger partial charge in [-0.3, -0.25) is 0 Å². The van der Waals surface area contributed by atoms with Crippen molar-refractivity contribution in [2.45, 2.75) is 52.5 Å². The Hall–Kier alpha value is -1.02. The van der Waals surface area contributed by atoms with Gasteiger partial charge in [0.05, 0.1) is 0 Å². The number of hydrogen-bond donors (Lipinski definition) is 1. The highest BCUT2D eigenvalue weighted by molar-refractivity contribution is 5.56. The molecule has 1 aromatic rings. The van der Waals surface area contributed by atoms with Gasteiger partial charge in [0, 0.05) is 18.3 Å². The summed E-state index contributed by atoms with van der Waals surface area (Å²) in [4.78, 5) is 2.59. The molecule has 2 rings (SSSR count). The molecule has 2 N–H and O–H groups in total. The number of fused-ring (bicyclic) bond motifs is 1. The minimum atomic E-state index is 0.276. The van der Waals surface area contributed by atoms with E-state index in [1.54, 1.807) is 0 Å². The molecule has 0 fully saturated rings. The fourth-order valence-electron chi connectivity index (χ4n) is 2.93. The van der Waals surface area contributed by atoms with Crippen LogP contribution in [0.2, 0.25) is 0 Å². The van der Waals surface area contributed by atoms with Crippen LogP contribution in [0.3, 0.4) is 0 Å². The molecule has 0 saturated heterocycles. The lowest BCUT2D eigenvalue weighted by Gasteiger charge is -2.38. The Morgan fingerprint density at radius 3 is 2.79 bits per heavy atom. The topological polar surface area (TPSA) is 29.3 Å². The average molecular weight is 260 g/mol. The lowest BCUT2D eigenvalue weighted by Crippen LogP contribution is -2.38. The molecule has 1 atom stereocenters. The molecule has 0 aromatic heterocycles. The second-order valence-electron chi connectivity index (χ2n) is 6.68. The lowest BCUT2D eigenvalue weighted by molar-refractivity contribution is 0.335. The van der Waals surface area contributed by atoms with E-state index in [2.05, 4.69) is 49.9 Å². The molecule has 1 aromatic carbocycles. The van der Waals surface area contributed by atoms with Crippen LogP contribution in [-0.2, 0) is 6.42 Å². The van der Waals surface area contributed by atoms with E-state index in [9.17, 15) is 0 Å². The summed E-state index contributed by atoms with van der Waals surface area (Å²) in [6, 6.07) is 9.53. The van der Waals surface area contributed by atoms with E-state index in [4.69, 9.17) is 5.73 Å². The van der Waals surface area contributed by atoms with Crippen LogP contribution in [0.15, 0.2) is 24.3 Å². The molecule has 0 spiro atoms. The standard InChI is InChI=1S/C17H28N2/c1-14-9-10-15-7-4-5-8-16(15)19(14)12-6-11-17(2,3)13-18/h4-5,7-8,14H,6,9-13,18H2,1-3H3. The number of rotatable bonds is 5. The third kappa shape index (κ3) is 3.50. The van der Waals surface area contributed by atoms with Gasteiger partial charge in [0.15, 0.2) is 0 Å². The number of anilines is 1. The molecule has 106 valence electrons. The Morgan fingerprint density at radius 2 is 2.05 bits per heavy atom. The first-order chi connectivity index (χ1) is 9.03. The molecule has 1 aliphatic heterocycles. The molecule has 19 heavy (non-hydrogen) atoms. The molecule has 0 saturated carbocycles. The van der Waals surface area contributed by atoms with Crippen LogP contribution >= 0.6 is 0 Å². The summed E-state index contributed by atoms with van der Waals surface area (Å²) in [5.41, 5.74) is 9.06. The highest BCUT2D eigenvalue weighted by Crippen LogP contribution is 2.31. The van der Waals surface area contributed by atoms with Gasteiger partial charge in [-0.05, 0) is 56.2 Å². The van der Waals surface area contributed by atoms with Crippen LogP contribution in [0.25, 0.3) is 0 Å². The largest absolute Gasteiger partial charge is 0.369 e. The summed E-state index contributed by atoms with van der Waals surface area (Å²) >= 11 is 0. The van der Waals surface area contributed by atoms with Gasteiger partial charge in [0.2, 0.25) is 0 Å². The summed E-state index contributed by atoms with van der Waals surface area (Å²) in [6.07, 6.45) is 4.93. The summed E-state index contributed by atoms with van der Waals surface area (Å²) in [6.45, 7) is 8.81. The molecule has 1 unspecified atom stereocenters. The highest BCUT2D eigenvalue weighted by atomic mass is 15.2. The zero-order valence-electron chi connectivity index (χ0n) is 12.7. The van der Waals surface area contributed by atoms with Gasteiger partial charge in [-0.1, -0.05) is 32.0 Å². The second kappa shape index (κ2) is 5.96. The van der Waals surface area contributed by atoms with E-state index < -0.39 is 0 Å². The van der Waals surface area contributed by atoms with E-state index >= 15 is 0 Å². The van der Waals surface area contributed by atoms with Gasteiger partial charge in [-0.15, -0.1) is 0 Å². The van der Waals surface area contributed by atoms with Crippen LogP contribution < -0.4 is 10.6 Å². The number of hydrogen-bond acceptors (Lipinski definition) is 2. The van der Waals surface area contributed by atoms with Crippen LogP contribution in [0.5, 0.6) is 0 Å². The number of para-hydroxylation sites is 1. The first-order valence-corrected chi connectivity index (χ1v) is 7.58. The minimum Gasteiger partial charge on any atom is -0.369 e. The highest BCUT2D eigenvalue weighted by Gasteiger charge is 2.23. The fraction of sp³-hybridized carbons (Fsp3) is 0.647. The summed E-state index contributed by atoms with van der Waals surface area (Å²) in [5, 5.41) is 0. The van der Waals surface area contributed by atoms with E-state index in [0.29, 0.717) is 6.04 Å². The molecule has 0 bridgehead atoms. The molecule has 1 aliphatic rings. The molecular weight excluding hydrogens is 232 g/mol. The van der Waals surface area contributed by atoms with Gasteiger partial charge in [0.1, 0.15) is 0 Å². The smallest absolute Gasteiger partial charge is 0.0401 e. The van der Waals surface area contributed by atoms with Crippen molar-refractivity contribution < 1.29 is 0 Å². The SMILES string of the molecule is CC1CCc2ccccc2N1CCCC(C)(C)CN. The summed E-state index contributed by atoms with van der Waals surface area (Å²) in [5.74, 6) is 0. The minimum absolute atomic E-state index is 0.276. The van der Waals surface area contributed by atoms with Crippen LogP contribution in [-0.4, -0.2) is 19.1 Å². The Kier molecular flexibility index (Phi) is 4.51. The van der Waals surface area contributed by atoms with Crippen molar-refractivity contribution in [3.05, 3.63) is 29.8 Å². The van der Waals surface area contributed by atoms with Crippen molar-refractivity contribution in [3.8, 4) is 0 Å². The van der Waals surface area contributed by atoms with E-state index in [1.807, 2.05) is 0 Å². The molecule has 2 heteroatoms. The van der Waals surface area contributed by atoms with Crippen molar-refractivity contribution >= 4 is 5.69 Å². The fourth-order valence-corrected chi connectivity index (χ4v) is 2.93. The summed E-state index contributed by atoms with van der Waals surface area (Å²) in [7, 11) is 0. The summed E-state index contributed by atoms with van der Waals surface area (Å²) < 4.78 is 0.